The van der Waals surface area contributed by atoms with E-state index in [0.29, 0.717) is 12.2 Å². The Morgan fingerprint density at radius 3 is 2.20 bits per heavy atom. The van der Waals surface area contributed by atoms with Gasteiger partial charge in [-0.25, -0.2) is 4.98 Å². The van der Waals surface area contributed by atoms with Gasteiger partial charge in [0.15, 0.2) is 0 Å². The minimum atomic E-state index is 0.0736. The Bertz CT molecular complexity index is 988. The van der Waals surface area contributed by atoms with E-state index in [9.17, 15) is 4.79 Å². The molecule has 1 aromatic heterocycles. The number of hydrogen-bond donors (Lipinski definition) is 0. The standard InChI is InChI=1S/C26H32N2O2/c1-6-18(4)28(19(5)7-2)26(29)23-17-25(27-24-12-10-9-11-22(23)24)20-13-15-21(16-14-20)30-8-3/h9-19H,6-8H2,1-5H3. The summed E-state index contributed by atoms with van der Waals surface area (Å²) in [4.78, 5) is 20.6. The number of benzene rings is 2. The van der Waals surface area contributed by atoms with Crippen molar-refractivity contribution in [2.24, 2.45) is 0 Å². The highest BCUT2D eigenvalue weighted by molar-refractivity contribution is 6.07. The van der Waals surface area contributed by atoms with Crippen molar-refractivity contribution in [1.82, 2.24) is 9.88 Å². The molecule has 4 heteroatoms. The molecule has 1 amide bonds. The van der Waals surface area contributed by atoms with Gasteiger partial charge in [-0.15, -0.1) is 0 Å². The van der Waals surface area contributed by atoms with Crippen molar-refractivity contribution in [3.8, 4) is 17.0 Å². The van der Waals surface area contributed by atoms with Gasteiger partial charge in [-0.05, 0) is 70.0 Å². The van der Waals surface area contributed by atoms with E-state index in [2.05, 4.69) is 27.7 Å². The first-order valence-corrected chi connectivity index (χ1v) is 11.0. The summed E-state index contributed by atoms with van der Waals surface area (Å²) in [5, 5.41) is 0.897. The van der Waals surface area contributed by atoms with E-state index in [0.717, 1.165) is 40.8 Å². The zero-order chi connectivity index (χ0) is 21.7. The molecule has 158 valence electrons. The van der Waals surface area contributed by atoms with Crippen molar-refractivity contribution < 1.29 is 9.53 Å². The molecule has 0 bridgehead atoms. The molecule has 30 heavy (non-hydrogen) atoms. The van der Waals surface area contributed by atoms with Gasteiger partial charge in [-0.1, -0.05) is 32.0 Å². The zero-order valence-corrected chi connectivity index (χ0v) is 18.7. The molecule has 1 heterocycles. The molecule has 0 saturated carbocycles. The summed E-state index contributed by atoms with van der Waals surface area (Å²) in [6.07, 6.45) is 1.84. The maximum absolute atomic E-state index is 13.8. The first kappa shape index (κ1) is 21.8. The van der Waals surface area contributed by atoms with Gasteiger partial charge in [-0.3, -0.25) is 4.79 Å². The fourth-order valence-corrected chi connectivity index (χ4v) is 3.76. The molecular weight excluding hydrogens is 372 g/mol. The number of aromatic nitrogens is 1. The molecule has 2 aromatic carbocycles. The number of amides is 1. The molecule has 0 aliphatic rings. The summed E-state index contributed by atoms with van der Waals surface area (Å²) in [5.74, 6) is 0.905. The van der Waals surface area contributed by atoms with E-state index in [4.69, 9.17) is 9.72 Å². The minimum absolute atomic E-state index is 0.0736. The molecule has 3 aromatic rings. The first-order valence-electron chi connectivity index (χ1n) is 11.0. The van der Waals surface area contributed by atoms with E-state index in [1.807, 2.05) is 66.4 Å². The van der Waals surface area contributed by atoms with Crippen LogP contribution in [0.1, 0.15) is 57.8 Å². The maximum atomic E-state index is 13.8. The molecule has 2 atom stereocenters. The van der Waals surface area contributed by atoms with E-state index >= 15 is 0 Å². The van der Waals surface area contributed by atoms with Crippen molar-refractivity contribution in [2.45, 2.75) is 59.5 Å². The van der Waals surface area contributed by atoms with Crippen LogP contribution in [0.25, 0.3) is 22.2 Å². The third-order valence-electron chi connectivity index (χ3n) is 5.77. The smallest absolute Gasteiger partial charge is 0.255 e. The molecule has 2 unspecified atom stereocenters. The van der Waals surface area contributed by atoms with Crippen molar-refractivity contribution in [3.63, 3.8) is 0 Å². The number of rotatable bonds is 8. The predicted molar refractivity (Wildman–Crippen MR) is 124 cm³/mol. The van der Waals surface area contributed by atoms with Gasteiger partial charge in [0.25, 0.3) is 5.91 Å². The third-order valence-corrected chi connectivity index (χ3v) is 5.77. The molecular formula is C26H32N2O2. The molecule has 0 aliphatic heterocycles. The number of para-hydroxylation sites is 1. The second-order valence-electron chi connectivity index (χ2n) is 7.76. The number of nitrogens with zero attached hydrogens (tertiary/aromatic N) is 2. The maximum Gasteiger partial charge on any atom is 0.255 e. The van der Waals surface area contributed by atoms with Crippen molar-refractivity contribution in [3.05, 3.63) is 60.2 Å². The summed E-state index contributed by atoms with van der Waals surface area (Å²) < 4.78 is 5.56. The van der Waals surface area contributed by atoms with E-state index in [1.165, 1.54) is 0 Å². The van der Waals surface area contributed by atoms with Crippen LogP contribution in [0.5, 0.6) is 5.75 Å². The Hall–Kier alpha value is -2.88. The highest BCUT2D eigenvalue weighted by Crippen LogP contribution is 2.28. The van der Waals surface area contributed by atoms with Gasteiger partial charge in [0.05, 0.1) is 23.4 Å². The minimum Gasteiger partial charge on any atom is -0.494 e. The van der Waals surface area contributed by atoms with Gasteiger partial charge >= 0.3 is 0 Å². The zero-order valence-electron chi connectivity index (χ0n) is 18.7. The van der Waals surface area contributed by atoms with Crippen LogP contribution in [0, 0.1) is 0 Å². The van der Waals surface area contributed by atoms with Crippen molar-refractivity contribution in [2.75, 3.05) is 6.61 Å². The Kier molecular flexibility index (Phi) is 7.09. The van der Waals surface area contributed by atoms with Crippen LogP contribution in [0.3, 0.4) is 0 Å². The van der Waals surface area contributed by atoms with Gasteiger partial charge in [0.2, 0.25) is 0 Å². The third kappa shape index (κ3) is 4.48. The molecule has 0 radical (unpaired) electrons. The highest BCUT2D eigenvalue weighted by Gasteiger charge is 2.26. The fourth-order valence-electron chi connectivity index (χ4n) is 3.76. The summed E-state index contributed by atoms with van der Waals surface area (Å²) in [6.45, 7) is 11.1. The Labute approximate surface area is 179 Å². The highest BCUT2D eigenvalue weighted by atomic mass is 16.5. The predicted octanol–water partition coefficient (Wildman–Crippen LogP) is 6.34. The Morgan fingerprint density at radius 1 is 0.967 bits per heavy atom. The number of pyridine rings is 1. The van der Waals surface area contributed by atoms with E-state index in [-0.39, 0.29) is 18.0 Å². The quantitative estimate of drug-likeness (QED) is 0.440. The molecule has 0 fully saturated rings. The SMILES string of the molecule is CCOc1ccc(-c2cc(C(=O)N(C(C)CC)C(C)CC)c3ccccc3n2)cc1. The lowest BCUT2D eigenvalue weighted by molar-refractivity contribution is 0.0600. The van der Waals surface area contributed by atoms with Gasteiger partial charge in [0.1, 0.15) is 5.75 Å². The summed E-state index contributed by atoms with van der Waals surface area (Å²) in [5.41, 5.74) is 3.32. The lowest BCUT2D eigenvalue weighted by atomic mass is 10.0. The van der Waals surface area contributed by atoms with Gasteiger partial charge in [0, 0.05) is 23.0 Å². The lowest BCUT2D eigenvalue weighted by Gasteiger charge is -2.34. The average Bonchev–Trinajstić information content (AvgIpc) is 2.78. The molecule has 3 rings (SSSR count). The van der Waals surface area contributed by atoms with Crippen LogP contribution in [0.15, 0.2) is 54.6 Å². The first-order chi connectivity index (χ1) is 14.5. The second-order valence-corrected chi connectivity index (χ2v) is 7.76. The average molecular weight is 405 g/mol. The van der Waals surface area contributed by atoms with Crippen LogP contribution in [-0.4, -0.2) is 34.5 Å². The van der Waals surface area contributed by atoms with Gasteiger partial charge < -0.3 is 9.64 Å². The second kappa shape index (κ2) is 9.75. The van der Waals surface area contributed by atoms with Crippen molar-refractivity contribution in [1.29, 1.82) is 0 Å². The largest absolute Gasteiger partial charge is 0.494 e. The molecule has 4 nitrogen and oxygen atoms in total. The Balaban J connectivity index is 2.12. The van der Waals surface area contributed by atoms with E-state index in [1.54, 1.807) is 0 Å². The van der Waals surface area contributed by atoms with E-state index < -0.39 is 0 Å². The summed E-state index contributed by atoms with van der Waals surface area (Å²) >= 11 is 0. The van der Waals surface area contributed by atoms with Crippen LogP contribution < -0.4 is 4.74 Å². The lowest BCUT2D eigenvalue weighted by Crippen LogP contribution is -2.44. The topological polar surface area (TPSA) is 42.4 Å². The van der Waals surface area contributed by atoms with Crippen LogP contribution in [0.2, 0.25) is 0 Å². The molecule has 0 N–H and O–H groups in total. The molecule has 0 aliphatic carbocycles. The van der Waals surface area contributed by atoms with Crippen molar-refractivity contribution >= 4 is 16.8 Å². The summed E-state index contributed by atoms with van der Waals surface area (Å²) in [6, 6.07) is 18.1. The Morgan fingerprint density at radius 2 is 1.60 bits per heavy atom. The number of carbonyl (C=O) groups is 1. The van der Waals surface area contributed by atoms with Gasteiger partial charge in [-0.2, -0.15) is 0 Å². The number of carbonyl (C=O) groups excluding carboxylic acids is 1. The number of fused-ring (bicyclic) bond motifs is 1. The number of ether oxygens (including phenoxy) is 1. The summed E-state index contributed by atoms with van der Waals surface area (Å²) in [7, 11) is 0. The molecule has 0 saturated heterocycles. The van der Waals surface area contributed by atoms with Crippen LogP contribution >= 0.6 is 0 Å². The number of hydrogen-bond acceptors (Lipinski definition) is 3. The monoisotopic (exact) mass is 404 g/mol. The van der Waals surface area contributed by atoms with Crippen LogP contribution in [-0.2, 0) is 0 Å². The molecule has 0 spiro atoms. The van der Waals surface area contributed by atoms with Crippen LogP contribution in [0.4, 0.5) is 0 Å². The fraction of sp³-hybridized carbons (Fsp3) is 0.385. The normalized spacial score (nSPS) is 13.1.